The van der Waals surface area contributed by atoms with E-state index in [0.29, 0.717) is 0 Å². The van der Waals surface area contributed by atoms with Crippen LogP contribution in [0.5, 0.6) is 0 Å². The number of halogens is 8. The van der Waals surface area contributed by atoms with Gasteiger partial charge < -0.3 is 0 Å². The number of ketones is 1. The third-order valence-electron chi connectivity index (χ3n) is 3.85. The van der Waals surface area contributed by atoms with Crippen molar-refractivity contribution in [3.05, 3.63) is 66.6 Å². The van der Waals surface area contributed by atoms with Gasteiger partial charge >= 0.3 is 12.4 Å². The molecule has 0 saturated heterocycles. The van der Waals surface area contributed by atoms with Gasteiger partial charge in [-0.25, -0.2) is 0 Å². The molecule has 0 bridgehead atoms. The number of carbonyl (C=O) groups excluding carboxylic acids is 1. The number of rotatable bonds is 2. The Morgan fingerprint density at radius 1 is 0.731 bits per heavy atom. The first-order valence-electron chi connectivity index (χ1n) is 7.04. The Morgan fingerprint density at radius 2 is 1.04 bits per heavy atom. The van der Waals surface area contributed by atoms with Crippen molar-refractivity contribution in [3.63, 3.8) is 0 Å². The first-order valence-corrected chi connectivity index (χ1v) is 8.62. The molecule has 2 aromatic rings. The molecule has 0 spiro atoms. The molecule has 0 saturated carbocycles. The molecule has 2 aromatic carbocycles. The van der Waals surface area contributed by atoms with Crippen LogP contribution >= 0.6 is 31.9 Å². The van der Waals surface area contributed by atoms with Crippen LogP contribution in [0.4, 0.5) is 26.3 Å². The Labute approximate surface area is 161 Å². The monoisotopic (exact) mass is 502 g/mol. The summed E-state index contributed by atoms with van der Waals surface area (Å²) in [4.78, 5) is 12.7. The topological polar surface area (TPSA) is 17.1 Å². The quantitative estimate of drug-likeness (QED) is 0.315. The number of alkyl halides is 6. The Balaban J connectivity index is 2.81. The van der Waals surface area contributed by atoms with Gasteiger partial charge in [-0.3, -0.25) is 4.79 Å². The Morgan fingerprint density at radius 3 is 1.31 bits per heavy atom. The van der Waals surface area contributed by atoms with Gasteiger partial charge in [0, 0.05) is 20.1 Å². The number of benzene rings is 2. The van der Waals surface area contributed by atoms with Gasteiger partial charge in [-0.2, -0.15) is 26.3 Å². The van der Waals surface area contributed by atoms with Crippen LogP contribution in [0, 0.1) is 13.8 Å². The van der Waals surface area contributed by atoms with Gasteiger partial charge in [0.15, 0.2) is 5.78 Å². The van der Waals surface area contributed by atoms with Gasteiger partial charge in [0.05, 0.1) is 11.1 Å². The summed E-state index contributed by atoms with van der Waals surface area (Å²) < 4.78 is 80.8. The average Bonchev–Trinajstić information content (AvgIpc) is 2.49. The Bertz CT molecular complexity index is 813. The van der Waals surface area contributed by atoms with E-state index in [-0.39, 0.29) is 20.1 Å². The van der Waals surface area contributed by atoms with Crippen molar-refractivity contribution in [3.8, 4) is 0 Å². The molecular formula is C17H10Br2F6O. The molecule has 2 rings (SSSR count). The van der Waals surface area contributed by atoms with Crippen LogP contribution in [0.2, 0.25) is 0 Å². The molecule has 0 aromatic heterocycles. The minimum Gasteiger partial charge on any atom is -0.289 e. The summed E-state index contributed by atoms with van der Waals surface area (Å²) in [6, 6.07) is 4.16. The SMILES string of the molecule is Cc1c(Br)ccc(C(=O)c2ccc(Br)c(C)c2C(F)(F)F)c1C(F)(F)F. The highest BCUT2D eigenvalue weighted by molar-refractivity contribution is 9.10. The molecular weight excluding hydrogens is 494 g/mol. The summed E-state index contributed by atoms with van der Waals surface area (Å²) >= 11 is 5.90. The van der Waals surface area contributed by atoms with E-state index in [4.69, 9.17) is 0 Å². The molecule has 0 radical (unpaired) electrons. The summed E-state index contributed by atoms with van der Waals surface area (Å²) in [5.41, 5.74) is -4.72. The van der Waals surface area contributed by atoms with Gasteiger partial charge in [-0.05, 0) is 49.2 Å². The normalized spacial score (nSPS) is 12.4. The van der Waals surface area contributed by atoms with E-state index in [1.807, 2.05) is 0 Å². The average molecular weight is 504 g/mol. The van der Waals surface area contributed by atoms with Gasteiger partial charge in [0.25, 0.3) is 0 Å². The lowest BCUT2D eigenvalue weighted by molar-refractivity contribution is -0.138. The van der Waals surface area contributed by atoms with Gasteiger partial charge in [0.2, 0.25) is 0 Å². The summed E-state index contributed by atoms with van der Waals surface area (Å²) in [6.45, 7) is 2.28. The van der Waals surface area contributed by atoms with Crippen molar-refractivity contribution >= 4 is 37.6 Å². The Hall–Kier alpha value is -1.35. The molecule has 0 aliphatic carbocycles. The predicted octanol–water partition coefficient (Wildman–Crippen LogP) is 7.10. The zero-order valence-electron chi connectivity index (χ0n) is 13.2. The highest BCUT2D eigenvalue weighted by atomic mass is 79.9. The lowest BCUT2D eigenvalue weighted by atomic mass is 9.90. The number of hydrogen-bond donors (Lipinski definition) is 0. The van der Waals surface area contributed by atoms with Crippen molar-refractivity contribution in [2.75, 3.05) is 0 Å². The van der Waals surface area contributed by atoms with E-state index in [1.165, 1.54) is 12.1 Å². The van der Waals surface area contributed by atoms with Crippen LogP contribution in [0.3, 0.4) is 0 Å². The molecule has 0 unspecified atom stereocenters. The van der Waals surface area contributed by atoms with Crippen molar-refractivity contribution in [2.24, 2.45) is 0 Å². The smallest absolute Gasteiger partial charge is 0.289 e. The van der Waals surface area contributed by atoms with E-state index < -0.39 is 40.4 Å². The van der Waals surface area contributed by atoms with Crippen LogP contribution in [0.15, 0.2) is 33.2 Å². The fourth-order valence-corrected chi connectivity index (χ4v) is 3.29. The van der Waals surface area contributed by atoms with Gasteiger partial charge in [-0.15, -0.1) is 0 Å². The molecule has 0 heterocycles. The zero-order valence-corrected chi connectivity index (χ0v) is 16.4. The zero-order chi connectivity index (χ0) is 20.0. The lowest BCUT2D eigenvalue weighted by Crippen LogP contribution is -2.20. The standard InChI is InChI=1S/C17H10Br2F6O/c1-7-11(18)5-3-9(13(7)16(20,21)22)15(26)10-4-6-12(19)8(2)14(10)17(23,24)25/h3-6H,1-2H3. The van der Waals surface area contributed by atoms with Crippen molar-refractivity contribution in [1.82, 2.24) is 0 Å². The summed E-state index contributed by atoms with van der Waals surface area (Å²) in [5.74, 6) is -1.34. The van der Waals surface area contributed by atoms with Crippen LogP contribution < -0.4 is 0 Å². The molecule has 0 amide bonds. The maximum absolute atomic E-state index is 13.4. The molecule has 0 N–H and O–H groups in total. The van der Waals surface area contributed by atoms with Crippen LogP contribution in [0.1, 0.15) is 38.2 Å². The maximum Gasteiger partial charge on any atom is 0.417 e. The molecule has 26 heavy (non-hydrogen) atoms. The minimum atomic E-state index is -4.90. The number of hydrogen-bond acceptors (Lipinski definition) is 1. The van der Waals surface area contributed by atoms with E-state index in [1.54, 1.807) is 0 Å². The molecule has 0 aliphatic rings. The largest absolute Gasteiger partial charge is 0.417 e. The van der Waals surface area contributed by atoms with E-state index >= 15 is 0 Å². The molecule has 140 valence electrons. The first-order chi connectivity index (χ1) is 11.8. The predicted molar refractivity (Wildman–Crippen MR) is 91.2 cm³/mol. The molecule has 0 fully saturated rings. The molecule has 0 atom stereocenters. The fraction of sp³-hybridized carbons (Fsp3) is 0.235. The second-order valence-corrected chi connectivity index (χ2v) is 7.22. The van der Waals surface area contributed by atoms with Gasteiger partial charge in [-0.1, -0.05) is 31.9 Å². The van der Waals surface area contributed by atoms with E-state index in [0.717, 1.165) is 26.0 Å². The highest BCUT2D eigenvalue weighted by Gasteiger charge is 2.41. The molecule has 1 nitrogen and oxygen atoms in total. The lowest BCUT2D eigenvalue weighted by Gasteiger charge is -2.19. The maximum atomic E-state index is 13.4. The van der Waals surface area contributed by atoms with Crippen LogP contribution in [-0.4, -0.2) is 5.78 Å². The third-order valence-corrected chi connectivity index (χ3v) is 5.57. The van der Waals surface area contributed by atoms with Crippen LogP contribution in [0.25, 0.3) is 0 Å². The summed E-state index contributed by atoms with van der Waals surface area (Å²) in [6.07, 6.45) is -9.80. The van der Waals surface area contributed by atoms with Crippen molar-refractivity contribution in [2.45, 2.75) is 26.2 Å². The van der Waals surface area contributed by atoms with Crippen molar-refractivity contribution in [1.29, 1.82) is 0 Å². The second kappa shape index (κ2) is 6.99. The first kappa shape index (κ1) is 21.0. The second-order valence-electron chi connectivity index (χ2n) is 5.51. The van der Waals surface area contributed by atoms with Gasteiger partial charge in [0.1, 0.15) is 0 Å². The summed E-state index contributed by atoms with van der Waals surface area (Å²) in [7, 11) is 0. The highest BCUT2D eigenvalue weighted by Crippen LogP contribution is 2.41. The summed E-state index contributed by atoms with van der Waals surface area (Å²) in [5, 5.41) is 0. The fourth-order valence-electron chi connectivity index (χ4n) is 2.63. The number of carbonyl (C=O) groups is 1. The van der Waals surface area contributed by atoms with E-state index in [9.17, 15) is 31.1 Å². The minimum absolute atomic E-state index is 0.101. The Kier molecular flexibility index (Phi) is 5.64. The van der Waals surface area contributed by atoms with Crippen molar-refractivity contribution < 1.29 is 31.1 Å². The van der Waals surface area contributed by atoms with E-state index in [2.05, 4.69) is 31.9 Å². The molecule has 9 heteroatoms. The third kappa shape index (κ3) is 3.83. The molecule has 0 aliphatic heterocycles. The van der Waals surface area contributed by atoms with Crippen LogP contribution in [-0.2, 0) is 12.4 Å².